The lowest BCUT2D eigenvalue weighted by Crippen LogP contribution is -2.25. The third-order valence-electron chi connectivity index (χ3n) is 2.56. The Morgan fingerprint density at radius 3 is 2.00 bits per heavy atom. The summed E-state index contributed by atoms with van der Waals surface area (Å²) in [5.74, 6) is 0. The van der Waals surface area contributed by atoms with Gasteiger partial charge >= 0.3 is 12.2 Å². The molecule has 0 rings (SSSR count). The number of carbonyl (C=O) groups is 2. The lowest BCUT2D eigenvalue weighted by molar-refractivity contribution is 0.144. The fraction of sp³-hybridized carbons (Fsp3) is 0.846. The molecule has 0 radical (unpaired) electrons. The second-order valence-electron chi connectivity index (χ2n) is 4.25. The summed E-state index contributed by atoms with van der Waals surface area (Å²) in [5.41, 5.74) is 0. The van der Waals surface area contributed by atoms with Gasteiger partial charge in [0.15, 0.2) is 0 Å². The maximum Gasteiger partial charge on any atom is 0.407 e. The maximum atomic E-state index is 11.2. The quantitative estimate of drug-likeness (QED) is 0.600. The van der Waals surface area contributed by atoms with Gasteiger partial charge in [-0.3, -0.25) is 0 Å². The lowest BCUT2D eigenvalue weighted by atomic mass is 10.2. The third-order valence-corrected chi connectivity index (χ3v) is 2.56. The predicted octanol–water partition coefficient (Wildman–Crippen LogP) is 2.43. The van der Waals surface area contributed by atoms with Crippen molar-refractivity contribution in [3.05, 3.63) is 0 Å². The number of alkyl carbamates (subject to hydrolysis) is 2. The smallest absolute Gasteiger partial charge is 0.407 e. The van der Waals surface area contributed by atoms with Gasteiger partial charge in [-0.1, -0.05) is 26.2 Å². The summed E-state index contributed by atoms with van der Waals surface area (Å²) in [5, 5.41) is 5.33. The van der Waals surface area contributed by atoms with Crippen LogP contribution in [0.2, 0.25) is 0 Å². The van der Waals surface area contributed by atoms with Crippen molar-refractivity contribution in [3.63, 3.8) is 0 Å². The molecule has 2 N–H and O–H groups in total. The fourth-order valence-corrected chi connectivity index (χ4v) is 1.42. The summed E-state index contributed by atoms with van der Waals surface area (Å²) in [6, 6.07) is 0. The first-order valence-electron chi connectivity index (χ1n) is 6.93. The first-order chi connectivity index (χ1) is 9.20. The standard InChI is InChI=1S/C13H26N2O4/c1-3-4-11-19-13(17)15-10-8-6-5-7-9-14-12(16)18-2/h3-11H2,1-2H3,(H,14,16)(H,15,17). The number of methoxy groups -OCH3 is 1. The van der Waals surface area contributed by atoms with Crippen molar-refractivity contribution in [1.82, 2.24) is 10.6 Å². The number of nitrogens with one attached hydrogen (secondary N) is 2. The van der Waals surface area contributed by atoms with Crippen LogP contribution < -0.4 is 10.6 Å². The molecule has 0 aromatic rings. The second kappa shape index (κ2) is 13.0. The van der Waals surface area contributed by atoms with Crippen molar-refractivity contribution in [2.45, 2.75) is 45.4 Å². The molecule has 6 heteroatoms. The van der Waals surface area contributed by atoms with Crippen molar-refractivity contribution >= 4 is 12.2 Å². The average molecular weight is 274 g/mol. The van der Waals surface area contributed by atoms with E-state index in [4.69, 9.17) is 4.74 Å². The number of carbonyl (C=O) groups excluding carboxylic acids is 2. The Kier molecular flexibility index (Phi) is 12.0. The van der Waals surface area contributed by atoms with Gasteiger partial charge in [0.1, 0.15) is 0 Å². The minimum atomic E-state index is -0.392. The van der Waals surface area contributed by atoms with E-state index in [2.05, 4.69) is 22.3 Å². The first-order valence-corrected chi connectivity index (χ1v) is 6.93. The van der Waals surface area contributed by atoms with E-state index in [9.17, 15) is 9.59 Å². The van der Waals surface area contributed by atoms with Crippen molar-refractivity contribution < 1.29 is 19.1 Å². The minimum Gasteiger partial charge on any atom is -0.453 e. The zero-order valence-corrected chi connectivity index (χ0v) is 12.0. The van der Waals surface area contributed by atoms with Crippen LogP contribution in [0.3, 0.4) is 0 Å². The highest BCUT2D eigenvalue weighted by Crippen LogP contribution is 1.98. The van der Waals surface area contributed by atoms with Crippen LogP contribution in [-0.4, -0.2) is 39.0 Å². The molecule has 0 aliphatic heterocycles. The van der Waals surface area contributed by atoms with Gasteiger partial charge in [-0.15, -0.1) is 0 Å². The summed E-state index contributed by atoms with van der Waals surface area (Å²) in [6.45, 7) is 3.80. The second-order valence-corrected chi connectivity index (χ2v) is 4.25. The number of unbranched alkanes of at least 4 members (excludes halogenated alkanes) is 4. The molecule has 112 valence electrons. The Labute approximate surface area is 115 Å². The van der Waals surface area contributed by atoms with E-state index in [1.807, 2.05) is 0 Å². The molecule has 0 aliphatic rings. The normalized spacial score (nSPS) is 9.79. The Balaban J connectivity index is 3.18. The maximum absolute atomic E-state index is 11.2. The molecule has 19 heavy (non-hydrogen) atoms. The first kappa shape index (κ1) is 17.5. The Bertz CT molecular complexity index is 247. The number of hydrogen-bond donors (Lipinski definition) is 2. The molecule has 0 unspecified atom stereocenters. The Morgan fingerprint density at radius 1 is 0.895 bits per heavy atom. The molecule has 0 saturated carbocycles. The van der Waals surface area contributed by atoms with Crippen molar-refractivity contribution in [1.29, 1.82) is 0 Å². The van der Waals surface area contributed by atoms with Gasteiger partial charge in [0.05, 0.1) is 13.7 Å². The van der Waals surface area contributed by atoms with Gasteiger partial charge < -0.3 is 20.1 Å². The molecule has 0 aromatic heterocycles. The molecule has 0 spiro atoms. The van der Waals surface area contributed by atoms with Crippen LogP contribution in [0, 0.1) is 0 Å². The highest BCUT2D eigenvalue weighted by atomic mass is 16.5. The van der Waals surface area contributed by atoms with Crippen LogP contribution in [0.25, 0.3) is 0 Å². The lowest BCUT2D eigenvalue weighted by Gasteiger charge is -2.06. The molecule has 6 nitrogen and oxygen atoms in total. The SMILES string of the molecule is CCCCOC(=O)NCCCCCCNC(=O)OC. The third kappa shape index (κ3) is 12.8. The van der Waals surface area contributed by atoms with Crippen molar-refractivity contribution in [3.8, 4) is 0 Å². The molecule has 0 aromatic carbocycles. The molecule has 0 saturated heterocycles. The van der Waals surface area contributed by atoms with E-state index < -0.39 is 6.09 Å². The minimum absolute atomic E-state index is 0.333. The predicted molar refractivity (Wildman–Crippen MR) is 73.1 cm³/mol. The van der Waals surface area contributed by atoms with E-state index in [0.29, 0.717) is 19.7 Å². The summed E-state index contributed by atoms with van der Waals surface area (Å²) < 4.78 is 9.41. The highest BCUT2D eigenvalue weighted by Gasteiger charge is 2.00. The monoisotopic (exact) mass is 274 g/mol. The van der Waals surface area contributed by atoms with Crippen LogP contribution in [0.1, 0.15) is 45.4 Å². The zero-order chi connectivity index (χ0) is 14.3. The Hall–Kier alpha value is -1.46. The largest absolute Gasteiger partial charge is 0.453 e. The number of hydrogen-bond acceptors (Lipinski definition) is 4. The van der Waals surface area contributed by atoms with Crippen LogP contribution in [0.4, 0.5) is 9.59 Å². The molecular weight excluding hydrogens is 248 g/mol. The molecule has 0 aliphatic carbocycles. The average Bonchev–Trinajstić information content (AvgIpc) is 2.41. The number of rotatable bonds is 10. The topological polar surface area (TPSA) is 76.7 Å². The van der Waals surface area contributed by atoms with Gasteiger partial charge in [0, 0.05) is 13.1 Å². The molecule has 0 fully saturated rings. The van der Waals surface area contributed by atoms with E-state index in [0.717, 1.165) is 38.5 Å². The van der Waals surface area contributed by atoms with Gasteiger partial charge in [-0.05, 0) is 19.3 Å². The molecule has 0 bridgehead atoms. The Morgan fingerprint density at radius 2 is 1.47 bits per heavy atom. The number of amides is 2. The van der Waals surface area contributed by atoms with Crippen LogP contribution >= 0.6 is 0 Å². The number of ether oxygens (including phenoxy) is 2. The molecular formula is C13H26N2O4. The van der Waals surface area contributed by atoms with Gasteiger partial charge in [-0.25, -0.2) is 9.59 Å². The molecule has 2 amide bonds. The van der Waals surface area contributed by atoms with Gasteiger partial charge in [-0.2, -0.15) is 0 Å². The van der Waals surface area contributed by atoms with Gasteiger partial charge in [0.25, 0.3) is 0 Å². The van der Waals surface area contributed by atoms with Crippen LogP contribution in [0.15, 0.2) is 0 Å². The summed E-state index contributed by atoms with van der Waals surface area (Å²) in [7, 11) is 1.35. The molecule has 0 heterocycles. The highest BCUT2D eigenvalue weighted by molar-refractivity contribution is 5.67. The van der Waals surface area contributed by atoms with Crippen LogP contribution in [0.5, 0.6) is 0 Å². The van der Waals surface area contributed by atoms with E-state index >= 15 is 0 Å². The zero-order valence-electron chi connectivity index (χ0n) is 12.0. The van der Waals surface area contributed by atoms with E-state index in [1.165, 1.54) is 7.11 Å². The summed E-state index contributed by atoms with van der Waals surface area (Å²) in [4.78, 5) is 21.9. The summed E-state index contributed by atoms with van der Waals surface area (Å²) in [6.07, 6.45) is 5.05. The van der Waals surface area contributed by atoms with Crippen molar-refractivity contribution in [2.75, 3.05) is 26.8 Å². The summed E-state index contributed by atoms with van der Waals surface area (Å²) >= 11 is 0. The molecule has 0 atom stereocenters. The van der Waals surface area contributed by atoms with Crippen LogP contribution in [-0.2, 0) is 9.47 Å². The van der Waals surface area contributed by atoms with E-state index in [-0.39, 0.29) is 6.09 Å². The van der Waals surface area contributed by atoms with Crippen molar-refractivity contribution in [2.24, 2.45) is 0 Å². The van der Waals surface area contributed by atoms with E-state index in [1.54, 1.807) is 0 Å². The van der Waals surface area contributed by atoms with Gasteiger partial charge in [0.2, 0.25) is 0 Å². The fourth-order valence-electron chi connectivity index (χ4n) is 1.42.